The fourth-order valence-corrected chi connectivity index (χ4v) is 4.68. The van der Waals surface area contributed by atoms with Crippen molar-refractivity contribution in [3.63, 3.8) is 0 Å². The molecule has 2 saturated heterocycles. The van der Waals surface area contributed by atoms with Crippen LogP contribution in [0, 0.1) is 16.0 Å². The number of hydrogen-bond donors (Lipinski definition) is 1. The first kappa shape index (κ1) is 16.0. The second-order valence-electron chi connectivity index (χ2n) is 6.77. The summed E-state index contributed by atoms with van der Waals surface area (Å²) in [5, 5.41) is 14.0. The molecular formula is C17H19N3O5. The molecule has 4 rings (SSSR count). The normalized spacial score (nSPS) is 30.2. The van der Waals surface area contributed by atoms with E-state index in [1.165, 1.54) is 12.1 Å². The van der Waals surface area contributed by atoms with Gasteiger partial charge in [0, 0.05) is 29.4 Å². The average molecular weight is 345 g/mol. The number of hydrogen-bond acceptors (Lipinski definition) is 6. The number of non-ortho nitro benzene ring substituents is 1. The molecule has 3 aliphatic heterocycles. The van der Waals surface area contributed by atoms with Gasteiger partial charge in [0.05, 0.1) is 17.4 Å². The van der Waals surface area contributed by atoms with Crippen LogP contribution >= 0.6 is 0 Å². The standard InChI is InChI=1S/C17H19N3O5/c1-2-25-15(21)11-9-17(19-7-3-4-14(11)19)12-8-10(20(23)24)5-6-13(12)18-16(17)22/h5-6,8,11,14H,2-4,7,9H2,1H3,(H,18,22). The van der Waals surface area contributed by atoms with Crippen LogP contribution in [0.1, 0.15) is 31.7 Å². The van der Waals surface area contributed by atoms with E-state index in [9.17, 15) is 19.7 Å². The molecule has 132 valence electrons. The average Bonchev–Trinajstić information content (AvgIpc) is 3.23. The number of nitrogens with one attached hydrogen (secondary N) is 1. The van der Waals surface area contributed by atoms with Crippen LogP contribution in [0.5, 0.6) is 0 Å². The number of esters is 1. The van der Waals surface area contributed by atoms with E-state index in [2.05, 4.69) is 10.2 Å². The number of anilines is 1. The molecule has 1 amide bonds. The van der Waals surface area contributed by atoms with Gasteiger partial charge in [0.15, 0.2) is 0 Å². The van der Waals surface area contributed by atoms with Crippen molar-refractivity contribution >= 4 is 23.3 Å². The highest BCUT2D eigenvalue weighted by Gasteiger charge is 2.63. The summed E-state index contributed by atoms with van der Waals surface area (Å²) in [4.78, 5) is 38.1. The molecule has 1 aromatic rings. The lowest BCUT2D eigenvalue weighted by Gasteiger charge is -2.32. The summed E-state index contributed by atoms with van der Waals surface area (Å²) < 4.78 is 5.22. The minimum absolute atomic E-state index is 0.0510. The minimum atomic E-state index is -1.01. The first-order chi connectivity index (χ1) is 12.0. The molecule has 8 nitrogen and oxygen atoms in total. The van der Waals surface area contributed by atoms with E-state index < -0.39 is 16.4 Å². The number of carbonyl (C=O) groups excluding carboxylic acids is 2. The first-order valence-corrected chi connectivity index (χ1v) is 8.53. The summed E-state index contributed by atoms with van der Waals surface area (Å²) in [7, 11) is 0. The Morgan fingerprint density at radius 1 is 1.52 bits per heavy atom. The van der Waals surface area contributed by atoms with Gasteiger partial charge in [-0.15, -0.1) is 0 Å². The number of nitrogens with zero attached hydrogens (tertiary/aromatic N) is 2. The second-order valence-corrected chi connectivity index (χ2v) is 6.77. The van der Waals surface area contributed by atoms with Crippen LogP contribution in [0.3, 0.4) is 0 Å². The maximum atomic E-state index is 12.9. The topological polar surface area (TPSA) is 102 Å². The Morgan fingerprint density at radius 2 is 2.32 bits per heavy atom. The van der Waals surface area contributed by atoms with Gasteiger partial charge in [-0.3, -0.25) is 24.6 Å². The van der Waals surface area contributed by atoms with Crippen LogP contribution in [-0.4, -0.2) is 40.9 Å². The Hall–Kier alpha value is -2.48. The monoisotopic (exact) mass is 345 g/mol. The van der Waals surface area contributed by atoms with Gasteiger partial charge in [0.2, 0.25) is 5.91 Å². The van der Waals surface area contributed by atoms with Gasteiger partial charge in [-0.05, 0) is 38.8 Å². The smallest absolute Gasteiger partial charge is 0.310 e. The van der Waals surface area contributed by atoms with Crippen molar-refractivity contribution in [1.29, 1.82) is 0 Å². The van der Waals surface area contributed by atoms with Crippen LogP contribution in [-0.2, 0) is 19.9 Å². The van der Waals surface area contributed by atoms with Gasteiger partial charge >= 0.3 is 5.97 Å². The fourth-order valence-electron chi connectivity index (χ4n) is 4.68. The summed E-state index contributed by atoms with van der Waals surface area (Å²) in [6, 6.07) is 4.37. The zero-order valence-corrected chi connectivity index (χ0v) is 13.9. The first-order valence-electron chi connectivity index (χ1n) is 8.53. The lowest BCUT2D eigenvalue weighted by atomic mass is 9.84. The zero-order chi connectivity index (χ0) is 17.8. The Labute approximate surface area is 144 Å². The lowest BCUT2D eigenvalue weighted by Crippen LogP contribution is -2.47. The Balaban J connectivity index is 1.82. The number of amides is 1. The molecule has 2 fully saturated rings. The Kier molecular flexibility index (Phi) is 3.54. The predicted octanol–water partition coefficient (Wildman–Crippen LogP) is 1.79. The number of nitro groups is 1. The van der Waals surface area contributed by atoms with Crippen molar-refractivity contribution in [1.82, 2.24) is 4.90 Å². The van der Waals surface area contributed by atoms with Gasteiger partial charge in [0.25, 0.3) is 5.69 Å². The molecule has 1 aromatic carbocycles. The third-order valence-corrected chi connectivity index (χ3v) is 5.64. The Morgan fingerprint density at radius 3 is 3.04 bits per heavy atom. The highest BCUT2D eigenvalue weighted by atomic mass is 16.6. The number of nitro benzene ring substituents is 1. The van der Waals surface area contributed by atoms with Crippen molar-refractivity contribution in [3.05, 3.63) is 33.9 Å². The molecule has 1 spiro atoms. The Bertz CT molecular complexity index is 780. The van der Waals surface area contributed by atoms with E-state index in [4.69, 9.17) is 4.74 Å². The maximum absolute atomic E-state index is 12.9. The maximum Gasteiger partial charge on any atom is 0.310 e. The van der Waals surface area contributed by atoms with Crippen LogP contribution in [0.15, 0.2) is 18.2 Å². The molecule has 0 aromatic heterocycles. The fraction of sp³-hybridized carbons (Fsp3) is 0.529. The summed E-state index contributed by atoms with van der Waals surface area (Å²) in [6.07, 6.45) is 2.01. The van der Waals surface area contributed by atoms with E-state index in [0.717, 1.165) is 12.8 Å². The minimum Gasteiger partial charge on any atom is -0.466 e. The highest BCUT2D eigenvalue weighted by Crippen LogP contribution is 2.55. The van der Waals surface area contributed by atoms with Crippen molar-refractivity contribution in [2.75, 3.05) is 18.5 Å². The largest absolute Gasteiger partial charge is 0.466 e. The van der Waals surface area contributed by atoms with E-state index in [0.29, 0.717) is 30.8 Å². The van der Waals surface area contributed by atoms with Crippen LogP contribution in [0.25, 0.3) is 0 Å². The van der Waals surface area contributed by atoms with Crippen molar-refractivity contribution in [2.24, 2.45) is 5.92 Å². The number of rotatable bonds is 3. The molecule has 3 unspecified atom stereocenters. The molecule has 0 saturated carbocycles. The molecule has 1 N–H and O–H groups in total. The molecule has 3 aliphatic rings. The quantitative estimate of drug-likeness (QED) is 0.509. The molecule has 3 atom stereocenters. The number of benzene rings is 1. The summed E-state index contributed by atoms with van der Waals surface area (Å²) in [6.45, 7) is 2.75. The summed E-state index contributed by atoms with van der Waals surface area (Å²) in [5.41, 5.74) is 0.126. The van der Waals surface area contributed by atoms with Crippen LogP contribution in [0.2, 0.25) is 0 Å². The van der Waals surface area contributed by atoms with E-state index in [1.807, 2.05) is 0 Å². The second kappa shape index (κ2) is 5.52. The molecule has 0 radical (unpaired) electrons. The number of carbonyl (C=O) groups is 2. The third kappa shape index (κ3) is 2.10. The number of fused-ring (bicyclic) bond motifs is 4. The van der Waals surface area contributed by atoms with Gasteiger partial charge in [-0.1, -0.05) is 0 Å². The molecule has 3 heterocycles. The molecular weight excluding hydrogens is 326 g/mol. The van der Waals surface area contributed by atoms with Crippen LogP contribution in [0.4, 0.5) is 11.4 Å². The van der Waals surface area contributed by atoms with Gasteiger partial charge < -0.3 is 10.1 Å². The highest BCUT2D eigenvalue weighted by molar-refractivity contribution is 6.07. The summed E-state index contributed by atoms with van der Waals surface area (Å²) in [5.74, 6) is -0.886. The van der Waals surface area contributed by atoms with Crippen molar-refractivity contribution < 1.29 is 19.2 Å². The third-order valence-electron chi connectivity index (χ3n) is 5.64. The molecule has 25 heavy (non-hydrogen) atoms. The van der Waals surface area contributed by atoms with E-state index in [-0.39, 0.29) is 23.6 Å². The van der Waals surface area contributed by atoms with Crippen molar-refractivity contribution in [3.8, 4) is 0 Å². The van der Waals surface area contributed by atoms with Crippen LogP contribution < -0.4 is 5.32 Å². The predicted molar refractivity (Wildman–Crippen MR) is 87.9 cm³/mol. The van der Waals surface area contributed by atoms with E-state index >= 15 is 0 Å². The van der Waals surface area contributed by atoms with Gasteiger partial charge in [0.1, 0.15) is 5.54 Å². The lowest BCUT2D eigenvalue weighted by molar-refractivity contribution is -0.384. The van der Waals surface area contributed by atoms with Crippen molar-refractivity contribution in [2.45, 2.75) is 37.8 Å². The molecule has 8 heteroatoms. The zero-order valence-electron chi connectivity index (χ0n) is 13.9. The summed E-state index contributed by atoms with van der Waals surface area (Å²) >= 11 is 0. The SMILES string of the molecule is CCOC(=O)C1CC2(C(=O)Nc3ccc([N+](=O)[O-])cc32)N2CCCC12. The van der Waals surface area contributed by atoms with Gasteiger partial charge in [-0.2, -0.15) is 0 Å². The number of ether oxygens (including phenoxy) is 1. The van der Waals surface area contributed by atoms with Gasteiger partial charge in [-0.25, -0.2) is 0 Å². The molecule has 0 aliphatic carbocycles. The van der Waals surface area contributed by atoms with E-state index in [1.54, 1.807) is 13.0 Å². The molecule has 0 bridgehead atoms.